The Morgan fingerprint density at radius 3 is 2.75 bits per heavy atom. The maximum atomic E-state index is 11.9. The summed E-state index contributed by atoms with van der Waals surface area (Å²) in [6.45, 7) is 2.72. The second kappa shape index (κ2) is 4.96. The van der Waals surface area contributed by atoms with Gasteiger partial charge in [0, 0.05) is 18.5 Å². The van der Waals surface area contributed by atoms with E-state index in [0.717, 1.165) is 29.8 Å². The number of furan rings is 1. The van der Waals surface area contributed by atoms with Crippen molar-refractivity contribution in [3.05, 3.63) is 41.7 Å². The number of anilines is 1. The Morgan fingerprint density at radius 1 is 1.25 bits per heavy atom. The van der Waals surface area contributed by atoms with Crippen molar-refractivity contribution in [3.8, 4) is 11.3 Å². The molecular formula is C16H15NO3. The fourth-order valence-electron chi connectivity index (χ4n) is 2.55. The highest BCUT2D eigenvalue weighted by Gasteiger charge is 2.25. The minimum absolute atomic E-state index is 0.136. The Hall–Kier alpha value is -2.36. The van der Waals surface area contributed by atoms with Crippen LogP contribution in [-0.2, 0) is 4.79 Å². The average Bonchev–Trinajstić information content (AvgIpc) is 3.07. The summed E-state index contributed by atoms with van der Waals surface area (Å²) in [4.78, 5) is 24.5. The summed E-state index contributed by atoms with van der Waals surface area (Å²) in [5.41, 5.74) is 2.79. The van der Waals surface area contributed by atoms with Gasteiger partial charge in [-0.05, 0) is 37.6 Å². The quantitative estimate of drug-likeness (QED) is 0.804. The van der Waals surface area contributed by atoms with Crippen molar-refractivity contribution >= 4 is 17.9 Å². The largest absolute Gasteiger partial charge is 0.453 e. The number of carbonyl (C=O) groups is 2. The highest BCUT2D eigenvalue weighted by atomic mass is 16.3. The third-order valence-corrected chi connectivity index (χ3v) is 3.52. The molecule has 1 saturated heterocycles. The molecule has 4 nitrogen and oxygen atoms in total. The van der Waals surface area contributed by atoms with Gasteiger partial charge >= 0.3 is 0 Å². The van der Waals surface area contributed by atoms with Gasteiger partial charge in [-0.25, -0.2) is 0 Å². The van der Waals surface area contributed by atoms with Gasteiger partial charge < -0.3 is 9.32 Å². The number of hydrogen-bond acceptors (Lipinski definition) is 3. The van der Waals surface area contributed by atoms with Crippen molar-refractivity contribution in [2.75, 3.05) is 11.4 Å². The molecule has 1 aromatic carbocycles. The summed E-state index contributed by atoms with van der Waals surface area (Å²) in [7, 11) is 0. The van der Waals surface area contributed by atoms with Gasteiger partial charge in [0.1, 0.15) is 5.76 Å². The van der Waals surface area contributed by atoms with E-state index in [9.17, 15) is 9.59 Å². The fourth-order valence-corrected chi connectivity index (χ4v) is 2.55. The minimum atomic E-state index is 0.136. The zero-order valence-electron chi connectivity index (χ0n) is 11.3. The zero-order valence-corrected chi connectivity index (χ0v) is 11.3. The van der Waals surface area contributed by atoms with Gasteiger partial charge in [-0.15, -0.1) is 0 Å². The predicted octanol–water partition coefficient (Wildman–Crippen LogP) is 3.19. The molecule has 1 aliphatic heterocycles. The first-order chi connectivity index (χ1) is 9.69. The summed E-state index contributed by atoms with van der Waals surface area (Å²) in [5, 5.41) is 0. The third kappa shape index (κ3) is 2.13. The van der Waals surface area contributed by atoms with Crippen LogP contribution in [0.5, 0.6) is 0 Å². The number of amides is 1. The normalized spacial score (nSPS) is 14.8. The lowest BCUT2D eigenvalue weighted by Gasteiger charge is -2.19. The molecule has 0 atom stereocenters. The van der Waals surface area contributed by atoms with E-state index >= 15 is 0 Å². The molecular weight excluding hydrogens is 254 g/mol. The second-order valence-corrected chi connectivity index (χ2v) is 4.99. The molecule has 2 aromatic rings. The molecule has 0 aliphatic carbocycles. The van der Waals surface area contributed by atoms with Gasteiger partial charge in [-0.1, -0.05) is 11.6 Å². The number of benzene rings is 1. The predicted molar refractivity (Wildman–Crippen MR) is 75.9 cm³/mol. The Kier molecular flexibility index (Phi) is 3.14. The van der Waals surface area contributed by atoms with E-state index in [2.05, 4.69) is 0 Å². The Balaban J connectivity index is 2.10. The van der Waals surface area contributed by atoms with Crippen LogP contribution in [0.2, 0.25) is 0 Å². The van der Waals surface area contributed by atoms with Crippen molar-refractivity contribution in [2.24, 2.45) is 0 Å². The van der Waals surface area contributed by atoms with Gasteiger partial charge in [0.15, 0.2) is 12.0 Å². The van der Waals surface area contributed by atoms with Crippen molar-refractivity contribution in [3.63, 3.8) is 0 Å². The monoisotopic (exact) mass is 269 g/mol. The van der Waals surface area contributed by atoms with Crippen LogP contribution in [0.15, 0.2) is 34.7 Å². The van der Waals surface area contributed by atoms with Crippen molar-refractivity contribution < 1.29 is 14.0 Å². The number of nitrogens with zero attached hydrogens (tertiary/aromatic N) is 1. The van der Waals surface area contributed by atoms with Crippen molar-refractivity contribution in [2.45, 2.75) is 19.8 Å². The van der Waals surface area contributed by atoms with Crippen LogP contribution in [0, 0.1) is 6.92 Å². The minimum Gasteiger partial charge on any atom is -0.453 e. The summed E-state index contributed by atoms with van der Waals surface area (Å²) >= 11 is 0. The topological polar surface area (TPSA) is 50.5 Å². The van der Waals surface area contributed by atoms with Crippen LogP contribution in [0.4, 0.5) is 5.69 Å². The van der Waals surface area contributed by atoms with E-state index in [4.69, 9.17) is 4.42 Å². The average molecular weight is 269 g/mol. The molecule has 102 valence electrons. The van der Waals surface area contributed by atoms with E-state index in [1.54, 1.807) is 17.0 Å². The maximum absolute atomic E-state index is 11.9. The number of rotatable bonds is 3. The van der Waals surface area contributed by atoms with Crippen molar-refractivity contribution in [1.29, 1.82) is 0 Å². The van der Waals surface area contributed by atoms with Crippen LogP contribution in [-0.4, -0.2) is 18.7 Å². The molecule has 0 bridgehead atoms. The number of hydrogen-bond donors (Lipinski definition) is 0. The van der Waals surface area contributed by atoms with E-state index in [0.29, 0.717) is 24.2 Å². The molecule has 3 rings (SSSR count). The molecule has 0 N–H and O–H groups in total. The first-order valence-electron chi connectivity index (χ1n) is 6.65. The summed E-state index contributed by atoms with van der Waals surface area (Å²) < 4.78 is 5.50. The van der Waals surface area contributed by atoms with Crippen molar-refractivity contribution in [1.82, 2.24) is 0 Å². The van der Waals surface area contributed by atoms with Crippen LogP contribution in [0.1, 0.15) is 29.0 Å². The molecule has 1 aliphatic rings. The molecule has 0 radical (unpaired) electrons. The Morgan fingerprint density at radius 2 is 2.10 bits per heavy atom. The number of aryl methyl sites for hydroxylation is 1. The lowest BCUT2D eigenvalue weighted by molar-refractivity contribution is -0.117. The Labute approximate surface area is 117 Å². The second-order valence-electron chi connectivity index (χ2n) is 4.99. The lowest BCUT2D eigenvalue weighted by atomic mass is 10.1. The van der Waals surface area contributed by atoms with Crippen LogP contribution in [0.25, 0.3) is 11.3 Å². The van der Waals surface area contributed by atoms with E-state index in [1.807, 2.05) is 25.1 Å². The molecule has 0 spiro atoms. The highest BCUT2D eigenvalue weighted by Crippen LogP contribution is 2.34. The maximum Gasteiger partial charge on any atom is 0.227 e. The van der Waals surface area contributed by atoms with E-state index in [-0.39, 0.29) is 5.91 Å². The van der Waals surface area contributed by atoms with Gasteiger partial charge in [-0.2, -0.15) is 0 Å². The molecule has 2 heterocycles. The van der Waals surface area contributed by atoms with Gasteiger partial charge in [0.2, 0.25) is 5.91 Å². The van der Waals surface area contributed by atoms with E-state index in [1.165, 1.54) is 0 Å². The molecule has 1 fully saturated rings. The SMILES string of the molecule is Cc1ccc(N2CCCC2=O)c(-c2ccc(C=O)o2)c1. The molecule has 4 heteroatoms. The number of aldehydes is 1. The summed E-state index contributed by atoms with van der Waals surface area (Å²) in [5.74, 6) is 1.04. The molecule has 1 amide bonds. The van der Waals surface area contributed by atoms with Crippen LogP contribution in [0.3, 0.4) is 0 Å². The standard InChI is InChI=1S/C16H15NO3/c1-11-4-6-14(17-8-2-3-16(17)19)13(9-11)15-7-5-12(10-18)20-15/h4-7,9-10H,2-3,8H2,1H3. The summed E-state index contributed by atoms with van der Waals surface area (Å²) in [6, 6.07) is 9.31. The smallest absolute Gasteiger partial charge is 0.227 e. The van der Waals surface area contributed by atoms with Crippen LogP contribution >= 0.6 is 0 Å². The third-order valence-electron chi connectivity index (χ3n) is 3.52. The van der Waals surface area contributed by atoms with Gasteiger partial charge in [-0.3, -0.25) is 9.59 Å². The highest BCUT2D eigenvalue weighted by molar-refractivity contribution is 5.99. The lowest BCUT2D eigenvalue weighted by Crippen LogP contribution is -2.24. The first-order valence-corrected chi connectivity index (χ1v) is 6.65. The number of carbonyl (C=O) groups excluding carboxylic acids is 2. The van der Waals surface area contributed by atoms with Crippen LogP contribution < -0.4 is 4.90 Å². The zero-order chi connectivity index (χ0) is 14.1. The molecule has 1 aromatic heterocycles. The summed E-state index contributed by atoms with van der Waals surface area (Å²) in [6.07, 6.45) is 2.15. The molecule has 20 heavy (non-hydrogen) atoms. The fraction of sp³-hybridized carbons (Fsp3) is 0.250. The van der Waals surface area contributed by atoms with Gasteiger partial charge in [0.05, 0.1) is 5.69 Å². The van der Waals surface area contributed by atoms with E-state index < -0.39 is 0 Å². The first kappa shape index (κ1) is 12.7. The Bertz CT molecular complexity index is 672. The van der Waals surface area contributed by atoms with Gasteiger partial charge in [0.25, 0.3) is 0 Å². The molecule has 0 unspecified atom stereocenters. The molecule has 0 saturated carbocycles.